The lowest BCUT2D eigenvalue weighted by Crippen LogP contribution is -2.31. The van der Waals surface area contributed by atoms with E-state index in [0.717, 1.165) is 54.8 Å². The molecule has 1 atom stereocenters. The molecule has 0 radical (unpaired) electrons. The molecule has 1 amide bonds. The van der Waals surface area contributed by atoms with Crippen molar-refractivity contribution in [2.75, 3.05) is 36.5 Å². The fourth-order valence-corrected chi connectivity index (χ4v) is 9.27. The Balaban J connectivity index is 0.980. The third-order valence-corrected chi connectivity index (χ3v) is 12.9. The van der Waals surface area contributed by atoms with E-state index in [4.69, 9.17) is 9.47 Å². The van der Waals surface area contributed by atoms with Gasteiger partial charge < -0.3 is 24.7 Å². The van der Waals surface area contributed by atoms with Gasteiger partial charge in [0.1, 0.15) is 22.8 Å². The summed E-state index contributed by atoms with van der Waals surface area (Å²) in [6.45, 7) is 2.75. The van der Waals surface area contributed by atoms with Crippen LogP contribution in [0.3, 0.4) is 0 Å². The third kappa shape index (κ3) is 8.23. The summed E-state index contributed by atoms with van der Waals surface area (Å²) in [6, 6.07) is 29.6. The molecular formula is C45H44N6O7S. The van der Waals surface area contributed by atoms with Crippen molar-refractivity contribution < 1.29 is 27.6 Å². The van der Waals surface area contributed by atoms with E-state index in [1.54, 1.807) is 24.4 Å². The van der Waals surface area contributed by atoms with Crippen LogP contribution in [-0.2, 0) is 14.8 Å². The zero-order valence-electron chi connectivity index (χ0n) is 32.3. The lowest BCUT2D eigenvalue weighted by Gasteiger charge is -2.29. The molecule has 0 spiro atoms. The first-order valence-electron chi connectivity index (χ1n) is 20.1. The predicted octanol–water partition coefficient (Wildman–Crippen LogP) is 9.11. The number of hydrogen-bond donors (Lipinski definition) is 3. The van der Waals surface area contributed by atoms with Crippen LogP contribution in [0.25, 0.3) is 22.2 Å². The molecular weight excluding hydrogens is 769 g/mol. The zero-order chi connectivity index (χ0) is 40.5. The summed E-state index contributed by atoms with van der Waals surface area (Å²) in [5.41, 5.74) is 6.03. The van der Waals surface area contributed by atoms with Gasteiger partial charge in [-0.05, 0) is 115 Å². The van der Waals surface area contributed by atoms with Gasteiger partial charge in [-0.1, -0.05) is 48.5 Å². The van der Waals surface area contributed by atoms with E-state index in [-0.39, 0.29) is 29.0 Å². The summed E-state index contributed by atoms with van der Waals surface area (Å²) in [7, 11) is -4.56. The number of carbonyl (C=O) groups excluding carboxylic acids is 1. The Morgan fingerprint density at radius 1 is 0.932 bits per heavy atom. The Labute approximate surface area is 342 Å². The second-order valence-corrected chi connectivity index (χ2v) is 17.2. The first-order valence-corrected chi connectivity index (χ1v) is 21.6. The Bertz CT molecular complexity index is 2640. The minimum absolute atomic E-state index is 0.0525. The number of nitro groups is 1. The molecule has 1 unspecified atom stereocenters. The monoisotopic (exact) mass is 812 g/mol. The zero-order valence-corrected chi connectivity index (χ0v) is 33.1. The molecule has 2 aliphatic heterocycles. The van der Waals surface area contributed by atoms with Crippen LogP contribution < -0.4 is 19.7 Å². The van der Waals surface area contributed by atoms with Crippen LogP contribution in [-0.4, -0.2) is 55.5 Å². The number of H-pyrrole nitrogens is 1. The highest BCUT2D eigenvalue weighted by molar-refractivity contribution is 7.90. The van der Waals surface area contributed by atoms with Crippen molar-refractivity contribution in [3.63, 3.8) is 0 Å². The molecule has 3 aliphatic rings. The molecule has 9 rings (SSSR count). The lowest BCUT2D eigenvalue weighted by atomic mass is 9.97. The summed E-state index contributed by atoms with van der Waals surface area (Å²) >= 11 is 0. The number of nitro benzene ring substituents is 1. The second kappa shape index (κ2) is 16.2. The topological polar surface area (TPSA) is 169 Å². The minimum atomic E-state index is -4.56. The van der Waals surface area contributed by atoms with Crippen molar-refractivity contribution in [1.29, 1.82) is 0 Å². The number of pyridine rings is 1. The van der Waals surface area contributed by atoms with Crippen molar-refractivity contribution in [2.24, 2.45) is 5.92 Å². The number of fused-ring (bicyclic) bond motifs is 1. The fourth-order valence-electron chi connectivity index (χ4n) is 8.28. The number of rotatable bonds is 13. The number of carbonyl (C=O) groups is 1. The maximum atomic E-state index is 13.9. The number of ether oxygens (including phenoxy) is 2. The molecule has 6 aromatic rings. The van der Waals surface area contributed by atoms with E-state index >= 15 is 0 Å². The van der Waals surface area contributed by atoms with E-state index in [1.165, 1.54) is 54.1 Å². The summed E-state index contributed by atoms with van der Waals surface area (Å²) in [6.07, 6.45) is 9.60. The van der Waals surface area contributed by atoms with Gasteiger partial charge in [0.05, 0.1) is 27.6 Å². The molecule has 14 heteroatoms. The van der Waals surface area contributed by atoms with Gasteiger partial charge >= 0.3 is 0 Å². The van der Waals surface area contributed by atoms with Gasteiger partial charge in [-0.2, -0.15) is 0 Å². The molecule has 3 N–H and O–H groups in total. The highest BCUT2D eigenvalue weighted by atomic mass is 32.2. The highest BCUT2D eigenvalue weighted by Crippen LogP contribution is 2.47. The van der Waals surface area contributed by atoms with Crippen molar-refractivity contribution >= 4 is 44.0 Å². The van der Waals surface area contributed by atoms with E-state index in [9.17, 15) is 23.3 Å². The number of aromatic nitrogens is 2. The highest BCUT2D eigenvalue weighted by Gasteiger charge is 2.33. The van der Waals surface area contributed by atoms with Crippen LogP contribution in [0.4, 0.5) is 17.1 Å². The Morgan fingerprint density at radius 2 is 1.73 bits per heavy atom. The fraction of sp³-hybridized carbons (Fsp3) is 0.289. The van der Waals surface area contributed by atoms with Crippen LogP contribution in [0.15, 0.2) is 114 Å². The Hall–Kier alpha value is -6.25. The van der Waals surface area contributed by atoms with E-state index in [2.05, 4.69) is 73.4 Å². The van der Waals surface area contributed by atoms with Gasteiger partial charge in [-0.15, -0.1) is 0 Å². The number of nitrogens with zero attached hydrogens (tertiary/aromatic N) is 3. The van der Waals surface area contributed by atoms with Crippen molar-refractivity contribution in [1.82, 2.24) is 14.7 Å². The van der Waals surface area contributed by atoms with Crippen LogP contribution in [0.1, 0.15) is 72.0 Å². The van der Waals surface area contributed by atoms with E-state index in [0.29, 0.717) is 37.1 Å². The van der Waals surface area contributed by atoms with E-state index < -0.39 is 31.4 Å². The average molecular weight is 813 g/mol. The number of hydrogen-bond acceptors (Lipinski definition) is 10. The summed E-state index contributed by atoms with van der Waals surface area (Å²) < 4.78 is 41.1. The van der Waals surface area contributed by atoms with E-state index in [1.807, 2.05) is 6.07 Å². The number of nitrogens with one attached hydrogen (secondary N) is 3. The molecule has 59 heavy (non-hydrogen) atoms. The summed E-state index contributed by atoms with van der Waals surface area (Å²) in [5, 5.41) is 15.9. The van der Waals surface area contributed by atoms with Crippen molar-refractivity contribution in [2.45, 2.75) is 55.4 Å². The summed E-state index contributed by atoms with van der Waals surface area (Å²) in [4.78, 5) is 34.9. The molecule has 3 fully saturated rings. The Kier molecular flexibility index (Phi) is 10.5. The van der Waals surface area contributed by atoms with Crippen LogP contribution in [0.2, 0.25) is 0 Å². The normalized spacial score (nSPS) is 17.2. The van der Waals surface area contributed by atoms with Crippen LogP contribution in [0.5, 0.6) is 11.5 Å². The first kappa shape index (κ1) is 38.3. The average Bonchev–Trinajstić information content (AvgIpc) is 3.79. The number of benzene rings is 4. The smallest absolute Gasteiger partial charge is 0.293 e. The number of aromatic amines is 1. The number of amides is 1. The quantitative estimate of drug-likeness (QED) is 0.0756. The standard InChI is InChI=1S/C45H44N6O7S/c52-45(49-59(55,56)36-14-16-39(42(26-36)51(53)54)47-27-29-18-22-57-23-19-29)38-15-13-33(25-43(38)58-35-24-34-17-20-46-44(34)48-28-35)30-7-11-32(12-8-30)40-6-3-21-50(40)41-5-2-1-4-37(41)31-9-10-31/h1-2,4-5,7-8,11-17,20,24-26,28-29,31,40,47H,3,6,9-10,18-19,21-23,27H2,(H,46,48)(H,49,52). The van der Waals surface area contributed by atoms with Crippen LogP contribution in [0, 0.1) is 16.0 Å². The third-order valence-electron chi connectivity index (χ3n) is 11.6. The molecule has 2 saturated heterocycles. The van der Waals surface area contributed by atoms with Crippen LogP contribution >= 0.6 is 0 Å². The minimum Gasteiger partial charge on any atom is -0.455 e. The molecule has 1 saturated carbocycles. The molecule has 4 heterocycles. The molecule has 13 nitrogen and oxygen atoms in total. The summed E-state index contributed by atoms with van der Waals surface area (Å²) in [5.74, 6) is 0.411. The maximum Gasteiger partial charge on any atom is 0.293 e. The molecule has 302 valence electrons. The van der Waals surface area contributed by atoms with Crippen molar-refractivity contribution in [3.8, 4) is 22.6 Å². The largest absolute Gasteiger partial charge is 0.455 e. The lowest BCUT2D eigenvalue weighted by molar-refractivity contribution is -0.384. The van der Waals surface area contributed by atoms with Crippen molar-refractivity contribution in [3.05, 3.63) is 136 Å². The SMILES string of the molecule is O=C(NS(=O)(=O)c1ccc(NCC2CCOCC2)c([N+](=O)[O-])c1)c1ccc(-c2ccc(C3CCCN3c3ccccc3C3CC3)cc2)cc1Oc1cnc2[nH]ccc2c1. The predicted molar refractivity (Wildman–Crippen MR) is 226 cm³/mol. The first-order chi connectivity index (χ1) is 28.7. The van der Waals surface area contributed by atoms with Gasteiger partial charge in [0.25, 0.3) is 21.6 Å². The number of para-hydroxylation sites is 1. The van der Waals surface area contributed by atoms with Gasteiger partial charge in [-0.3, -0.25) is 14.9 Å². The molecule has 2 aromatic heterocycles. The number of anilines is 2. The number of sulfonamides is 1. The second-order valence-electron chi connectivity index (χ2n) is 15.5. The molecule has 0 bridgehead atoms. The van der Waals surface area contributed by atoms with Gasteiger partial charge in [0.2, 0.25) is 0 Å². The van der Waals surface area contributed by atoms with Gasteiger partial charge in [-0.25, -0.2) is 18.1 Å². The maximum absolute atomic E-state index is 13.9. The Morgan fingerprint density at radius 3 is 2.53 bits per heavy atom. The van der Waals surface area contributed by atoms with Gasteiger partial charge in [0, 0.05) is 49.6 Å². The molecule has 1 aliphatic carbocycles. The van der Waals surface area contributed by atoms with Gasteiger partial charge in [0.15, 0.2) is 0 Å². The molecule has 4 aromatic carbocycles.